The largest absolute Gasteiger partial charge is 0.464 e. The molecule has 0 radical (unpaired) electrons. The second-order valence-electron chi connectivity index (χ2n) is 3.89. The van der Waals surface area contributed by atoms with Crippen molar-refractivity contribution in [2.24, 2.45) is 0 Å². The summed E-state index contributed by atoms with van der Waals surface area (Å²) in [4.78, 5) is 6.64. The highest BCUT2D eigenvalue weighted by molar-refractivity contribution is 5.88. The Labute approximate surface area is 87.9 Å². The third-order valence-electron chi connectivity index (χ3n) is 3.00. The molecule has 0 amide bonds. The van der Waals surface area contributed by atoms with E-state index >= 15 is 0 Å². The number of anilines is 1. The van der Waals surface area contributed by atoms with Crippen LogP contribution in [-0.4, -0.2) is 31.2 Å². The van der Waals surface area contributed by atoms with Crippen LogP contribution in [0.5, 0.6) is 0 Å². The molecule has 1 N–H and O–H groups in total. The zero-order chi connectivity index (χ0) is 10.3. The number of hydrogen-bond donors (Lipinski definition) is 1. The van der Waals surface area contributed by atoms with Crippen LogP contribution in [0.4, 0.5) is 5.82 Å². The fourth-order valence-electron chi connectivity index (χ4n) is 1.88. The van der Waals surface area contributed by atoms with E-state index in [0.717, 1.165) is 29.9 Å². The number of nitrogens with zero attached hydrogens (tertiary/aromatic N) is 2. The maximum atomic E-state index is 5.36. The summed E-state index contributed by atoms with van der Waals surface area (Å²) in [5.74, 6) is 1.01. The van der Waals surface area contributed by atoms with Gasteiger partial charge in [0, 0.05) is 26.3 Å². The Morgan fingerprint density at radius 3 is 3.07 bits per heavy atom. The fourth-order valence-corrected chi connectivity index (χ4v) is 1.88. The van der Waals surface area contributed by atoms with Crippen molar-refractivity contribution in [3.63, 3.8) is 0 Å². The van der Waals surface area contributed by atoms with E-state index in [1.54, 1.807) is 12.5 Å². The van der Waals surface area contributed by atoms with Gasteiger partial charge in [-0.05, 0) is 12.1 Å². The molecule has 0 unspecified atom stereocenters. The van der Waals surface area contributed by atoms with Crippen LogP contribution in [0.25, 0.3) is 11.0 Å². The average molecular weight is 203 g/mol. The maximum Gasteiger partial charge on any atom is 0.139 e. The molecule has 0 aromatic carbocycles. The minimum absolute atomic E-state index is 0.554. The first kappa shape index (κ1) is 8.73. The van der Waals surface area contributed by atoms with E-state index in [9.17, 15) is 0 Å². The molecule has 0 bridgehead atoms. The summed E-state index contributed by atoms with van der Waals surface area (Å²) in [6.07, 6.45) is 3.51. The number of likely N-dealkylation sites (N-methyl/N-ethyl adjacent to an activating group) is 1. The molecule has 15 heavy (non-hydrogen) atoms. The van der Waals surface area contributed by atoms with Crippen LogP contribution < -0.4 is 10.2 Å². The zero-order valence-corrected chi connectivity index (χ0v) is 8.60. The summed E-state index contributed by atoms with van der Waals surface area (Å²) >= 11 is 0. The molecule has 78 valence electrons. The van der Waals surface area contributed by atoms with Crippen molar-refractivity contribution >= 4 is 16.8 Å². The predicted octanol–water partition coefficient (Wildman–Crippen LogP) is 1.24. The topological polar surface area (TPSA) is 41.3 Å². The smallest absolute Gasteiger partial charge is 0.139 e. The molecule has 2 aromatic rings. The Hall–Kier alpha value is -1.55. The first-order valence-corrected chi connectivity index (χ1v) is 5.12. The summed E-state index contributed by atoms with van der Waals surface area (Å²) in [6, 6.07) is 4.42. The average Bonchev–Trinajstić information content (AvgIpc) is 2.61. The van der Waals surface area contributed by atoms with Crippen LogP contribution in [0.15, 0.2) is 29.0 Å². The third-order valence-corrected chi connectivity index (χ3v) is 3.00. The van der Waals surface area contributed by atoms with E-state index in [1.807, 2.05) is 12.1 Å². The van der Waals surface area contributed by atoms with Crippen molar-refractivity contribution in [2.75, 3.05) is 25.0 Å². The highest BCUT2D eigenvalue weighted by Crippen LogP contribution is 2.26. The highest BCUT2D eigenvalue weighted by atomic mass is 16.3. The van der Waals surface area contributed by atoms with Gasteiger partial charge < -0.3 is 14.6 Å². The van der Waals surface area contributed by atoms with Gasteiger partial charge in [0.25, 0.3) is 0 Å². The molecule has 0 atom stereocenters. The number of furan rings is 1. The Morgan fingerprint density at radius 2 is 2.33 bits per heavy atom. The molecule has 1 saturated heterocycles. The van der Waals surface area contributed by atoms with Gasteiger partial charge in [0.1, 0.15) is 11.4 Å². The molecular weight excluding hydrogens is 190 g/mol. The standard InChI is InChI=1S/C11H13N3O/c1-14(8-6-12-7-8)11-9-3-5-15-10(9)2-4-13-11/h2-5,8,12H,6-7H2,1H3. The van der Waals surface area contributed by atoms with Crippen LogP contribution in [0.2, 0.25) is 0 Å². The van der Waals surface area contributed by atoms with Crippen LogP contribution in [0.3, 0.4) is 0 Å². The molecule has 3 heterocycles. The fraction of sp³-hybridized carbons (Fsp3) is 0.364. The predicted molar refractivity (Wildman–Crippen MR) is 59.1 cm³/mol. The summed E-state index contributed by atoms with van der Waals surface area (Å²) < 4.78 is 5.36. The van der Waals surface area contributed by atoms with Crippen LogP contribution in [0, 0.1) is 0 Å². The molecule has 0 spiro atoms. The molecule has 0 saturated carbocycles. The van der Waals surface area contributed by atoms with E-state index in [2.05, 4.69) is 22.2 Å². The third kappa shape index (κ3) is 1.29. The van der Waals surface area contributed by atoms with Crippen molar-refractivity contribution in [1.82, 2.24) is 10.3 Å². The Kier molecular flexibility index (Phi) is 1.89. The van der Waals surface area contributed by atoms with E-state index in [1.165, 1.54) is 0 Å². The number of pyridine rings is 1. The van der Waals surface area contributed by atoms with Gasteiger partial charge in [0.2, 0.25) is 0 Å². The number of aromatic nitrogens is 1. The number of hydrogen-bond acceptors (Lipinski definition) is 4. The highest BCUT2D eigenvalue weighted by Gasteiger charge is 2.23. The van der Waals surface area contributed by atoms with Crippen LogP contribution in [0.1, 0.15) is 0 Å². The van der Waals surface area contributed by atoms with Gasteiger partial charge in [0.15, 0.2) is 0 Å². The van der Waals surface area contributed by atoms with Crippen molar-refractivity contribution in [2.45, 2.75) is 6.04 Å². The Bertz CT molecular complexity index is 475. The van der Waals surface area contributed by atoms with Crippen molar-refractivity contribution in [1.29, 1.82) is 0 Å². The van der Waals surface area contributed by atoms with Crippen molar-refractivity contribution in [3.05, 3.63) is 24.6 Å². The number of nitrogens with one attached hydrogen (secondary N) is 1. The van der Waals surface area contributed by atoms with Crippen molar-refractivity contribution < 1.29 is 4.42 Å². The molecule has 4 nitrogen and oxygen atoms in total. The van der Waals surface area contributed by atoms with Crippen molar-refractivity contribution in [3.8, 4) is 0 Å². The molecular formula is C11H13N3O. The number of rotatable bonds is 2. The van der Waals surface area contributed by atoms with E-state index < -0.39 is 0 Å². The first-order chi connectivity index (χ1) is 7.36. The first-order valence-electron chi connectivity index (χ1n) is 5.12. The molecule has 4 heteroatoms. The molecule has 1 aliphatic rings. The maximum absolute atomic E-state index is 5.36. The lowest BCUT2D eigenvalue weighted by atomic mass is 10.1. The SMILES string of the molecule is CN(c1nccc2occc12)C1CNC1. The number of fused-ring (bicyclic) bond motifs is 1. The quantitative estimate of drug-likeness (QED) is 0.797. The Balaban J connectivity index is 2.05. The lowest BCUT2D eigenvalue weighted by Crippen LogP contribution is -2.56. The summed E-state index contributed by atoms with van der Waals surface area (Å²) in [5, 5.41) is 4.35. The molecule has 3 rings (SSSR count). The Morgan fingerprint density at radius 1 is 1.47 bits per heavy atom. The van der Waals surface area contributed by atoms with Gasteiger partial charge in [-0.3, -0.25) is 0 Å². The minimum Gasteiger partial charge on any atom is -0.464 e. The summed E-state index contributed by atoms with van der Waals surface area (Å²) in [7, 11) is 2.08. The minimum atomic E-state index is 0.554. The van der Waals surface area contributed by atoms with Gasteiger partial charge in [-0.1, -0.05) is 0 Å². The van der Waals surface area contributed by atoms with Gasteiger partial charge in [-0.15, -0.1) is 0 Å². The summed E-state index contributed by atoms with van der Waals surface area (Å²) in [5.41, 5.74) is 0.902. The van der Waals surface area contributed by atoms with Crippen LogP contribution in [-0.2, 0) is 0 Å². The van der Waals surface area contributed by atoms with E-state index in [4.69, 9.17) is 4.42 Å². The molecule has 2 aromatic heterocycles. The van der Waals surface area contributed by atoms with Crippen LogP contribution >= 0.6 is 0 Å². The van der Waals surface area contributed by atoms with Gasteiger partial charge >= 0.3 is 0 Å². The normalized spacial score (nSPS) is 16.6. The lowest BCUT2D eigenvalue weighted by molar-refractivity contribution is 0.427. The molecule has 1 aliphatic heterocycles. The van der Waals surface area contributed by atoms with E-state index in [-0.39, 0.29) is 0 Å². The summed E-state index contributed by atoms with van der Waals surface area (Å²) in [6.45, 7) is 2.07. The second-order valence-corrected chi connectivity index (χ2v) is 3.89. The lowest BCUT2D eigenvalue weighted by Gasteiger charge is -2.36. The molecule has 1 fully saturated rings. The molecule has 0 aliphatic carbocycles. The second kappa shape index (κ2) is 3.24. The van der Waals surface area contributed by atoms with Gasteiger partial charge in [-0.25, -0.2) is 4.98 Å². The van der Waals surface area contributed by atoms with E-state index in [0.29, 0.717) is 6.04 Å². The van der Waals surface area contributed by atoms with Gasteiger partial charge in [0.05, 0.1) is 17.7 Å². The zero-order valence-electron chi connectivity index (χ0n) is 8.60. The van der Waals surface area contributed by atoms with Gasteiger partial charge in [-0.2, -0.15) is 0 Å². The monoisotopic (exact) mass is 203 g/mol.